The van der Waals surface area contributed by atoms with Crippen LogP contribution in [0.4, 0.5) is 4.79 Å². The third-order valence-corrected chi connectivity index (χ3v) is 3.02. The van der Waals surface area contributed by atoms with Crippen molar-refractivity contribution in [1.82, 2.24) is 4.90 Å². The molecule has 0 N–H and O–H groups in total. The minimum absolute atomic E-state index is 0.0448. The van der Waals surface area contributed by atoms with Crippen LogP contribution in [-0.4, -0.2) is 37.0 Å². The van der Waals surface area contributed by atoms with Gasteiger partial charge in [0, 0.05) is 20.0 Å². The Labute approximate surface area is 104 Å². The lowest BCUT2D eigenvalue weighted by molar-refractivity contribution is 0.0956. The highest BCUT2D eigenvalue weighted by molar-refractivity contribution is 7.12. The monoisotopic (exact) mass is 253 g/mol. The smallest absolute Gasteiger partial charge is 0.409 e. The van der Waals surface area contributed by atoms with Gasteiger partial charge in [-0.3, -0.25) is 4.79 Å². The summed E-state index contributed by atoms with van der Waals surface area (Å²) in [7, 11) is 1.60. The van der Waals surface area contributed by atoms with Crippen LogP contribution in [0.15, 0.2) is 30.2 Å². The topological polar surface area (TPSA) is 46.6 Å². The Kier molecular flexibility index (Phi) is 5.42. The summed E-state index contributed by atoms with van der Waals surface area (Å²) < 4.78 is 4.84. The molecule has 17 heavy (non-hydrogen) atoms. The molecule has 1 heterocycles. The van der Waals surface area contributed by atoms with Crippen molar-refractivity contribution < 1.29 is 14.3 Å². The first-order chi connectivity index (χ1) is 8.15. The second-order valence-electron chi connectivity index (χ2n) is 3.44. The average molecular weight is 253 g/mol. The Hall–Kier alpha value is -1.62. The summed E-state index contributed by atoms with van der Waals surface area (Å²) in [6, 6.07) is 3.61. The van der Waals surface area contributed by atoms with Crippen molar-refractivity contribution >= 4 is 23.2 Å². The van der Waals surface area contributed by atoms with E-state index in [1.165, 1.54) is 22.3 Å². The second-order valence-corrected chi connectivity index (χ2v) is 4.39. The van der Waals surface area contributed by atoms with Crippen LogP contribution in [0, 0.1) is 0 Å². The molecule has 0 bridgehead atoms. The number of Topliss-reactive ketones (excluding diaryl/α,β-unsaturated/α-hetero) is 1. The molecule has 0 aliphatic heterocycles. The van der Waals surface area contributed by atoms with E-state index in [0.717, 1.165) is 4.88 Å². The van der Waals surface area contributed by atoms with E-state index in [4.69, 9.17) is 4.74 Å². The molecular weight excluding hydrogens is 238 g/mol. The molecule has 0 radical (unpaired) electrons. The number of rotatable bonds is 6. The van der Waals surface area contributed by atoms with Crippen molar-refractivity contribution in [2.24, 2.45) is 0 Å². The molecule has 0 fully saturated rings. The Balaban J connectivity index is 2.32. The minimum Gasteiger partial charge on any atom is -0.445 e. The van der Waals surface area contributed by atoms with E-state index in [-0.39, 0.29) is 12.4 Å². The van der Waals surface area contributed by atoms with Crippen LogP contribution in [0.1, 0.15) is 16.1 Å². The van der Waals surface area contributed by atoms with E-state index < -0.39 is 6.09 Å². The highest BCUT2D eigenvalue weighted by atomic mass is 32.1. The van der Waals surface area contributed by atoms with Gasteiger partial charge in [-0.15, -0.1) is 11.3 Å². The largest absolute Gasteiger partial charge is 0.445 e. The summed E-state index contributed by atoms with van der Waals surface area (Å²) in [6.07, 6.45) is 1.37. The van der Waals surface area contributed by atoms with E-state index >= 15 is 0 Å². The number of amides is 1. The summed E-state index contributed by atoms with van der Waals surface area (Å²) >= 11 is 1.41. The molecule has 0 aliphatic rings. The molecule has 0 saturated carbocycles. The van der Waals surface area contributed by atoms with Gasteiger partial charge in [0.25, 0.3) is 0 Å². The number of hydrogen-bond acceptors (Lipinski definition) is 4. The van der Waals surface area contributed by atoms with Crippen molar-refractivity contribution in [2.45, 2.75) is 6.42 Å². The van der Waals surface area contributed by atoms with E-state index in [2.05, 4.69) is 6.58 Å². The lowest BCUT2D eigenvalue weighted by Gasteiger charge is -2.15. The van der Waals surface area contributed by atoms with Crippen molar-refractivity contribution in [1.29, 1.82) is 0 Å². The maximum absolute atomic E-state index is 11.7. The van der Waals surface area contributed by atoms with E-state index in [1.807, 2.05) is 11.4 Å². The van der Waals surface area contributed by atoms with Crippen molar-refractivity contribution in [3.05, 3.63) is 35.0 Å². The quantitative estimate of drug-likeness (QED) is 0.578. The van der Waals surface area contributed by atoms with E-state index in [9.17, 15) is 9.59 Å². The molecule has 0 aliphatic carbocycles. The number of hydrogen-bond donors (Lipinski definition) is 0. The molecule has 1 rings (SSSR count). The van der Waals surface area contributed by atoms with Gasteiger partial charge < -0.3 is 9.64 Å². The van der Waals surface area contributed by atoms with Crippen molar-refractivity contribution in [3.63, 3.8) is 0 Å². The SMILES string of the molecule is C=CCOC(=O)N(C)CCC(=O)c1cccs1. The average Bonchev–Trinajstić information content (AvgIpc) is 2.86. The standard InChI is InChI=1S/C12H15NO3S/c1-3-8-16-12(15)13(2)7-6-10(14)11-5-4-9-17-11/h3-5,9H,1,6-8H2,2H3. The highest BCUT2D eigenvalue weighted by Crippen LogP contribution is 2.11. The fourth-order valence-electron chi connectivity index (χ4n) is 1.16. The van der Waals surface area contributed by atoms with Gasteiger partial charge in [-0.25, -0.2) is 4.79 Å². The van der Waals surface area contributed by atoms with E-state index in [1.54, 1.807) is 13.1 Å². The van der Waals surface area contributed by atoms with Crippen LogP contribution in [0.5, 0.6) is 0 Å². The Morgan fingerprint density at radius 1 is 1.59 bits per heavy atom. The molecule has 0 aromatic carbocycles. The molecule has 92 valence electrons. The third kappa shape index (κ3) is 4.40. The Bertz CT molecular complexity index is 386. The number of thiophene rings is 1. The van der Waals surface area contributed by atoms with Crippen molar-refractivity contribution in [3.8, 4) is 0 Å². The first-order valence-electron chi connectivity index (χ1n) is 5.20. The van der Waals surface area contributed by atoms with Crippen LogP contribution in [0.2, 0.25) is 0 Å². The van der Waals surface area contributed by atoms with Crippen LogP contribution in [0.3, 0.4) is 0 Å². The number of carbonyl (C=O) groups is 2. The van der Waals surface area contributed by atoms with Crippen LogP contribution in [0.25, 0.3) is 0 Å². The van der Waals surface area contributed by atoms with Gasteiger partial charge in [0.05, 0.1) is 4.88 Å². The second kappa shape index (κ2) is 6.85. The molecule has 0 saturated heterocycles. The predicted octanol–water partition coefficient (Wildman–Crippen LogP) is 2.58. The van der Waals surface area contributed by atoms with E-state index in [0.29, 0.717) is 13.0 Å². The molecule has 1 amide bonds. The van der Waals surface area contributed by atoms with Crippen molar-refractivity contribution in [2.75, 3.05) is 20.2 Å². The maximum atomic E-state index is 11.7. The van der Waals surface area contributed by atoms with Gasteiger partial charge in [-0.2, -0.15) is 0 Å². The maximum Gasteiger partial charge on any atom is 0.409 e. The molecule has 1 aromatic heterocycles. The predicted molar refractivity (Wildman–Crippen MR) is 67.4 cm³/mol. The fraction of sp³-hybridized carbons (Fsp3) is 0.333. The van der Waals surface area contributed by atoms with Crippen LogP contribution in [-0.2, 0) is 4.74 Å². The molecule has 0 spiro atoms. The zero-order chi connectivity index (χ0) is 12.7. The zero-order valence-electron chi connectivity index (χ0n) is 9.72. The van der Waals surface area contributed by atoms with Crippen LogP contribution < -0.4 is 0 Å². The van der Waals surface area contributed by atoms with Gasteiger partial charge in [-0.05, 0) is 11.4 Å². The molecule has 4 nitrogen and oxygen atoms in total. The summed E-state index contributed by atoms with van der Waals surface area (Å²) in [5, 5.41) is 1.86. The Morgan fingerprint density at radius 2 is 2.35 bits per heavy atom. The van der Waals surface area contributed by atoms with Gasteiger partial charge >= 0.3 is 6.09 Å². The van der Waals surface area contributed by atoms with Gasteiger partial charge in [-0.1, -0.05) is 18.7 Å². The number of carbonyl (C=O) groups excluding carboxylic acids is 2. The summed E-state index contributed by atoms with van der Waals surface area (Å²) in [5.41, 5.74) is 0. The van der Waals surface area contributed by atoms with Gasteiger partial charge in [0.2, 0.25) is 0 Å². The van der Waals surface area contributed by atoms with Crippen LogP contribution >= 0.6 is 11.3 Å². The summed E-state index contributed by atoms with van der Waals surface area (Å²) in [4.78, 5) is 25.1. The minimum atomic E-state index is -0.441. The molecule has 0 atom stereocenters. The first kappa shape index (κ1) is 13.4. The summed E-state index contributed by atoms with van der Waals surface area (Å²) in [5.74, 6) is 0.0448. The lowest BCUT2D eigenvalue weighted by Crippen LogP contribution is -2.29. The normalized spacial score (nSPS) is 9.71. The molecular formula is C12H15NO3S. The zero-order valence-corrected chi connectivity index (χ0v) is 10.5. The number of nitrogens with zero attached hydrogens (tertiary/aromatic N) is 1. The summed E-state index contributed by atoms with van der Waals surface area (Å²) in [6.45, 7) is 3.99. The molecule has 1 aromatic rings. The van der Waals surface area contributed by atoms with Gasteiger partial charge in [0.15, 0.2) is 5.78 Å². The van der Waals surface area contributed by atoms with Gasteiger partial charge in [0.1, 0.15) is 6.61 Å². The number of ketones is 1. The molecule has 5 heteroatoms. The lowest BCUT2D eigenvalue weighted by atomic mass is 10.2. The third-order valence-electron chi connectivity index (χ3n) is 2.11. The first-order valence-corrected chi connectivity index (χ1v) is 6.08. The fourth-order valence-corrected chi connectivity index (χ4v) is 1.86. The number of ether oxygens (including phenoxy) is 1. The Morgan fingerprint density at radius 3 is 2.94 bits per heavy atom. The highest BCUT2D eigenvalue weighted by Gasteiger charge is 2.12. The molecule has 0 unspecified atom stereocenters.